The highest BCUT2D eigenvalue weighted by Crippen LogP contribution is 2.28. The lowest BCUT2D eigenvalue weighted by Gasteiger charge is -2.26. The molecule has 140 valence electrons. The van der Waals surface area contributed by atoms with Gasteiger partial charge in [0.1, 0.15) is 5.82 Å². The zero-order chi connectivity index (χ0) is 18.7. The molecule has 3 aromatic rings. The summed E-state index contributed by atoms with van der Waals surface area (Å²) in [4.78, 5) is 9.05. The molecule has 1 fully saturated rings. The molecule has 0 unspecified atom stereocenters. The number of aromatic nitrogens is 2. The molecule has 1 aromatic carbocycles. The Labute approximate surface area is 161 Å². The van der Waals surface area contributed by atoms with Gasteiger partial charge in [0.05, 0.1) is 23.8 Å². The maximum absolute atomic E-state index is 12.7. The molecule has 9 heteroatoms. The summed E-state index contributed by atoms with van der Waals surface area (Å²) >= 11 is 1.47. The third kappa shape index (κ3) is 4.01. The van der Waals surface area contributed by atoms with Gasteiger partial charge in [0.15, 0.2) is 5.13 Å². The second-order valence-electron chi connectivity index (χ2n) is 5.92. The predicted molar refractivity (Wildman–Crippen MR) is 105 cm³/mol. The van der Waals surface area contributed by atoms with Crippen molar-refractivity contribution in [2.45, 2.75) is 4.90 Å². The maximum atomic E-state index is 12.7. The molecule has 4 rings (SSSR count). The van der Waals surface area contributed by atoms with Crippen LogP contribution in [0.4, 0.5) is 10.9 Å². The molecule has 7 nitrogen and oxygen atoms in total. The number of nitrogens with one attached hydrogen (secondary N) is 1. The summed E-state index contributed by atoms with van der Waals surface area (Å²) in [6.07, 6.45) is 1.71. The van der Waals surface area contributed by atoms with Crippen LogP contribution < -0.4 is 5.32 Å². The Morgan fingerprint density at radius 3 is 2.56 bits per heavy atom. The number of thiazole rings is 1. The first kappa shape index (κ1) is 18.1. The van der Waals surface area contributed by atoms with Crippen molar-refractivity contribution >= 4 is 32.3 Å². The number of anilines is 2. The van der Waals surface area contributed by atoms with Crippen molar-refractivity contribution < 1.29 is 13.2 Å². The first-order chi connectivity index (χ1) is 13.1. The molecular formula is C18H18N4O3S2. The molecule has 1 saturated heterocycles. The standard InChI is InChI=1S/C18H18N4O3S2/c23-27(24,22-9-11-25-12-10-22)15-6-4-14(5-7-15)16-13-26-18(20-16)21-17-3-1-2-8-19-17/h1-8,13H,9-12H2,(H,19,20,21). The summed E-state index contributed by atoms with van der Waals surface area (Å²) in [6.45, 7) is 1.64. The van der Waals surface area contributed by atoms with Gasteiger partial charge >= 0.3 is 0 Å². The number of pyridine rings is 1. The average molecular weight is 403 g/mol. The van der Waals surface area contributed by atoms with E-state index in [1.807, 2.05) is 23.6 Å². The van der Waals surface area contributed by atoms with Gasteiger partial charge in [0, 0.05) is 30.2 Å². The summed E-state index contributed by atoms with van der Waals surface area (Å²) in [5.41, 5.74) is 1.65. The molecular weight excluding hydrogens is 384 g/mol. The first-order valence-corrected chi connectivity index (χ1v) is 10.8. The lowest BCUT2D eigenvalue weighted by molar-refractivity contribution is 0.0730. The molecule has 2 aromatic heterocycles. The number of rotatable bonds is 5. The zero-order valence-corrected chi connectivity index (χ0v) is 16.0. The SMILES string of the molecule is O=S(=O)(c1ccc(-c2csc(Nc3ccccn3)n2)cc1)N1CCOCC1. The third-order valence-electron chi connectivity index (χ3n) is 4.16. The Bertz CT molecular complexity index is 999. The fraction of sp³-hybridized carbons (Fsp3) is 0.222. The van der Waals surface area contributed by atoms with E-state index in [2.05, 4.69) is 15.3 Å². The normalized spacial score (nSPS) is 15.6. The van der Waals surface area contributed by atoms with Gasteiger partial charge in [0.2, 0.25) is 10.0 Å². The van der Waals surface area contributed by atoms with Crippen molar-refractivity contribution in [2.75, 3.05) is 31.6 Å². The van der Waals surface area contributed by atoms with E-state index in [-0.39, 0.29) is 4.90 Å². The first-order valence-electron chi connectivity index (χ1n) is 8.45. The van der Waals surface area contributed by atoms with Crippen LogP contribution >= 0.6 is 11.3 Å². The Kier molecular flexibility index (Phi) is 5.17. The van der Waals surface area contributed by atoms with E-state index in [1.54, 1.807) is 30.5 Å². The van der Waals surface area contributed by atoms with E-state index < -0.39 is 10.0 Å². The van der Waals surface area contributed by atoms with Crippen LogP contribution in [0.15, 0.2) is 58.9 Å². The Balaban J connectivity index is 1.51. The van der Waals surface area contributed by atoms with Crippen molar-refractivity contribution in [3.8, 4) is 11.3 Å². The third-order valence-corrected chi connectivity index (χ3v) is 6.83. The molecule has 0 spiro atoms. The van der Waals surface area contributed by atoms with Crippen molar-refractivity contribution in [1.82, 2.24) is 14.3 Å². The van der Waals surface area contributed by atoms with Gasteiger partial charge in [-0.15, -0.1) is 11.3 Å². The minimum atomic E-state index is -3.48. The highest BCUT2D eigenvalue weighted by molar-refractivity contribution is 7.89. The van der Waals surface area contributed by atoms with Crippen molar-refractivity contribution in [3.05, 3.63) is 54.0 Å². The van der Waals surface area contributed by atoms with Crippen LogP contribution in [0, 0.1) is 0 Å². The molecule has 0 aliphatic carbocycles. The number of morpholine rings is 1. The lowest BCUT2D eigenvalue weighted by atomic mass is 10.2. The Morgan fingerprint density at radius 2 is 1.85 bits per heavy atom. The second-order valence-corrected chi connectivity index (χ2v) is 8.71. The molecule has 1 N–H and O–H groups in total. The van der Waals surface area contributed by atoms with Crippen LogP contribution in [0.2, 0.25) is 0 Å². The summed E-state index contributed by atoms with van der Waals surface area (Å²) in [6, 6.07) is 12.4. The molecule has 0 bridgehead atoms. The van der Waals surface area contributed by atoms with Crippen LogP contribution in [-0.4, -0.2) is 49.0 Å². The second kappa shape index (κ2) is 7.73. The van der Waals surface area contributed by atoms with Gasteiger partial charge in [0.25, 0.3) is 0 Å². The van der Waals surface area contributed by atoms with Crippen LogP contribution in [-0.2, 0) is 14.8 Å². The van der Waals surface area contributed by atoms with E-state index in [0.717, 1.165) is 22.2 Å². The molecule has 0 atom stereocenters. The van der Waals surface area contributed by atoms with Crippen molar-refractivity contribution in [1.29, 1.82) is 0 Å². The number of ether oxygens (including phenoxy) is 1. The quantitative estimate of drug-likeness (QED) is 0.706. The fourth-order valence-corrected chi connectivity index (χ4v) is 4.88. The monoisotopic (exact) mass is 402 g/mol. The summed E-state index contributed by atoms with van der Waals surface area (Å²) < 4.78 is 32.1. The van der Waals surface area contributed by atoms with E-state index in [0.29, 0.717) is 26.3 Å². The van der Waals surface area contributed by atoms with Gasteiger partial charge in [-0.1, -0.05) is 18.2 Å². The van der Waals surface area contributed by atoms with Crippen molar-refractivity contribution in [3.63, 3.8) is 0 Å². The van der Waals surface area contributed by atoms with Crippen LogP contribution in [0.5, 0.6) is 0 Å². The minimum Gasteiger partial charge on any atom is -0.379 e. The number of hydrogen-bond acceptors (Lipinski definition) is 7. The highest BCUT2D eigenvalue weighted by atomic mass is 32.2. The molecule has 0 saturated carbocycles. The number of nitrogens with zero attached hydrogens (tertiary/aromatic N) is 3. The Hall–Kier alpha value is -2.33. The molecule has 1 aliphatic rings. The topological polar surface area (TPSA) is 84.4 Å². The van der Waals surface area contributed by atoms with Gasteiger partial charge in [-0.3, -0.25) is 0 Å². The van der Waals surface area contributed by atoms with Gasteiger partial charge < -0.3 is 10.1 Å². The Morgan fingerprint density at radius 1 is 1.07 bits per heavy atom. The highest BCUT2D eigenvalue weighted by Gasteiger charge is 2.26. The van der Waals surface area contributed by atoms with E-state index in [1.165, 1.54) is 15.6 Å². The molecule has 3 heterocycles. The summed E-state index contributed by atoms with van der Waals surface area (Å²) in [5, 5.41) is 5.81. The molecule has 1 aliphatic heterocycles. The van der Waals surface area contributed by atoms with E-state index in [9.17, 15) is 8.42 Å². The van der Waals surface area contributed by atoms with Crippen LogP contribution in [0.3, 0.4) is 0 Å². The number of sulfonamides is 1. The predicted octanol–water partition coefficient (Wildman–Crippen LogP) is 2.97. The molecule has 0 radical (unpaired) electrons. The summed E-state index contributed by atoms with van der Waals surface area (Å²) in [7, 11) is -3.48. The van der Waals surface area contributed by atoms with Crippen LogP contribution in [0.1, 0.15) is 0 Å². The van der Waals surface area contributed by atoms with Gasteiger partial charge in [-0.2, -0.15) is 4.31 Å². The van der Waals surface area contributed by atoms with Gasteiger partial charge in [-0.05, 0) is 24.3 Å². The van der Waals surface area contributed by atoms with Crippen molar-refractivity contribution in [2.24, 2.45) is 0 Å². The smallest absolute Gasteiger partial charge is 0.243 e. The lowest BCUT2D eigenvalue weighted by Crippen LogP contribution is -2.40. The zero-order valence-electron chi connectivity index (χ0n) is 14.4. The minimum absolute atomic E-state index is 0.287. The number of hydrogen-bond donors (Lipinski definition) is 1. The summed E-state index contributed by atoms with van der Waals surface area (Å²) in [5.74, 6) is 0.727. The number of benzene rings is 1. The van der Waals surface area contributed by atoms with Crippen LogP contribution in [0.25, 0.3) is 11.3 Å². The van der Waals surface area contributed by atoms with Gasteiger partial charge in [-0.25, -0.2) is 18.4 Å². The van der Waals surface area contributed by atoms with E-state index >= 15 is 0 Å². The fourth-order valence-electron chi connectivity index (χ4n) is 2.74. The molecule has 27 heavy (non-hydrogen) atoms. The maximum Gasteiger partial charge on any atom is 0.243 e. The van der Waals surface area contributed by atoms with E-state index in [4.69, 9.17) is 4.74 Å². The average Bonchev–Trinajstić information content (AvgIpc) is 3.18. The largest absolute Gasteiger partial charge is 0.379 e. The molecule has 0 amide bonds.